The molecule has 0 aromatic carbocycles. The summed E-state index contributed by atoms with van der Waals surface area (Å²) in [5.74, 6) is -5.23. The van der Waals surface area contributed by atoms with Crippen molar-refractivity contribution >= 4 is 35.6 Å². The van der Waals surface area contributed by atoms with Crippen LogP contribution in [0.15, 0.2) is 4.99 Å². The predicted molar refractivity (Wildman–Crippen MR) is 137 cm³/mol. The van der Waals surface area contributed by atoms with Gasteiger partial charge in [-0.05, 0) is 31.1 Å². The Morgan fingerprint density at radius 1 is 0.811 bits per heavy atom. The lowest BCUT2D eigenvalue weighted by molar-refractivity contribution is -0.143. The van der Waals surface area contributed by atoms with Gasteiger partial charge in [0, 0.05) is 13.0 Å². The van der Waals surface area contributed by atoms with Crippen LogP contribution in [0.2, 0.25) is 0 Å². The molecule has 11 N–H and O–H groups in total. The first-order valence-electron chi connectivity index (χ1n) is 12.4. The molecule has 0 aliphatic heterocycles. The number of nitrogens with one attached hydrogen (secondary N) is 3. The first kappa shape index (κ1) is 33.6. The van der Waals surface area contributed by atoms with Crippen LogP contribution in [0.1, 0.15) is 66.2 Å². The summed E-state index contributed by atoms with van der Waals surface area (Å²) in [6.07, 6.45) is 0.666. The Hall–Kier alpha value is -3.42. The average molecular weight is 530 g/mol. The molecular formula is C23H43N7O7. The van der Waals surface area contributed by atoms with Crippen LogP contribution in [0, 0.1) is 11.8 Å². The number of carboxylic acid groups (broad SMARTS) is 2. The third-order valence-electron chi connectivity index (χ3n) is 6.19. The fourth-order valence-corrected chi connectivity index (χ4v) is 3.30. The molecule has 14 nitrogen and oxygen atoms in total. The molecule has 6 atom stereocenters. The summed E-state index contributed by atoms with van der Waals surface area (Å²) in [7, 11) is 0. The maximum atomic E-state index is 13.1. The summed E-state index contributed by atoms with van der Waals surface area (Å²) < 4.78 is 0. The molecule has 0 fully saturated rings. The Labute approximate surface area is 217 Å². The SMILES string of the molecule is CCC(C)C(N)C(=O)NC(C(=O)NC(CCC(=O)O)C(=O)NC(CCCN=C(N)N)C(=O)O)C(C)CC. The molecule has 0 saturated carbocycles. The molecule has 0 aliphatic rings. The van der Waals surface area contributed by atoms with E-state index in [1.807, 2.05) is 20.8 Å². The minimum atomic E-state index is -1.35. The number of amides is 3. The van der Waals surface area contributed by atoms with E-state index in [-0.39, 0.29) is 43.6 Å². The molecular weight excluding hydrogens is 486 g/mol. The fraction of sp³-hybridized carbons (Fsp3) is 0.739. The molecule has 0 radical (unpaired) electrons. The third-order valence-corrected chi connectivity index (χ3v) is 6.19. The molecule has 0 aliphatic carbocycles. The van der Waals surface area contributed by atoms with Gasteiger partial charge in [-0.1, -0.05) is 40.5 Å². The molecule has 3 amide bonds. The van der Waals surface area contributed by atoms with Crippen LogP contribution in [0.4, 0.5) is 0 Å². The summed E-state index contributed by atoms with van der Waals surface area (Å²) >= 11 is 0. The van der Waals surface area contributed by atoms with E-state index in [0.717, 1.165) is 0 Å². The first-order valence-corrected chi connectivity index (χ1v) is 12.4. The number of aliphatic carboxylic acids is 2. The Morgan fingerprint density at radius 3 is 1.86 bits per heavy atom. The molecule has 0 rings (SSSR count). The van der Waals surface area contributed by atoms with E-state index in [9.17, 15) is 29.1 Å². The summed E-state index contributed by atoms with van der Waals surface area (Å²) in [5.41, 5.74) is 16.5. The van der Waals surface area contributed by atoms with Gasteiger partial charge in [-0.15, -0.1) is 0 Å². The highest BCUT2D eigenvalue weighted by atomic mass is 16.4. The number of nitrogens with two attached hydrogens (primary N) is 3. The molecule has 0 spiro atoms. The van der Waals surface area contributed by atoms with Gasteiger partial charge < -0.3 is 43.4 Å². The number of rotatable bonds is 18. The zero-order chi connectivity index (χ0) is 28.7. The average Bonchev–Trinajstić information content (AvgIpc) is 2.84. The maximum absolute atomic E-state index is 13.1. The maximum Gasteiger partial charge on any atom is 0.326 e. The number of guanidine groups is 1. The van der Waals surface area contributed by atoms with Crippen LogP contribution in [-0.2, 0) is 24.0 Å². The highest BCUT2D eigenvalue weighted by molar-refractivity contribution is 5.94. The summed E-state index contributed by atoms with van der Waals surface area (Å²) in [6.45, 7) is 7.40. The minimum absolute atomic E-state index is 0.00347. The lowest BCUT2D eigenvalue weighted by atomic mass is 9.95. The summed E-state index contributed by atoms with van der Waals surface area (Å²) in [6, 6.07) is -4.55. The van der Waals surface area contributed by atoms with Crippen molar-refractivity contribution in [3.05, 3.63) is 0 Å². The van der Waals surface area contributed by atoms with E-state index in [2.05, 4.69) is 20.9 Å². The molecule has 6 unspecified atom stereocenters. The van der Waals surface area contributed by atoms with Crippen LogP contribution in [0.3, 0.4) is 0 Å². The molecule has 14 heteroatoms. The lowest BCUT2D eigenvalue weighted by Gasteiger charge is -2.28. The number of nitrogens with zero attached hydrogens (tertiary/aromatic N) is 1. The first-order chi connectivity index (χ1) is 17.2. The molecule has 37 heavy (non-hydrogen) atoms. The minimum Gasteiger partial charge on any atom is -0.481 e. The quantitative estimate of drug-likeness (QED) is 0.0601. The Morgan fingerprint density at radius 2 is 1.38 bits per heavy atom. The van der Waals surface area contributed by atoms with Gasteiger partial charge in [0.15, 0.2) is 5.96 Å². The molecule has 0 bridgehead atoms. The van der Waals surface area contributed by atoms with Crippen LogP contribution in [0.25, 0.3) is 0 Å². The number of aliphatic imine (C=N–C) groups is 1. The fourth-order valence-electron chi connectivity index (χ4n) is 3.30. The second-order valence-electron chi connectivity index (χ2n) is 9.12. The van der Waals surface area contributed by atoms with Crippen LogP contribution < -0.4 is 33.2 Å². The van der Waals surface area contributed by atoms with Gasteiger partial charge in [-0.3, -0.25) is 24.2 Å². The second kappa shape index (κ2) is 17.1. The predicted octanol–water partition coefficient (Wildman–Crippen LogP) is -1.14. The van der Waals surface area contributed by atoms with Gasteiger partial charge in [0.2, 0.25) is 17.7 Å². The number of carboxylic acids is 2. The van der Waals surface area contributed by atoms with Crippen molar-refractivity contribution in [2.45, 2.75) is 90.4 Å². The van der Waals surface area contributed by atoms with Crippen molar-refractivity contribution in [2.75, 3.05) is 6.54 Å². The van der Waals surface area contributed by atoms with Crippen LogP contribution in [-0.4, -0.2) is 76.5 Å². The highest BCUT2D eigenvalue weighted by Crippen LogP contribution is 2.12. The van der Waals surface area contributed by atoms with Gasteiger partial charge in [-0.2, -0.15) is 0 Å². The van der Waals surface area contributed by atoms with Gasteiger partial charge in [0.25, 0.3) is 0 Å². The Bertz CT molecular complexity index is 817. The van der Waals surface area contributed by atoms with Gasteiger partial charge in [0.1, 0.15) is 18.1 Å². The van der Waals surface area contributed by atoms with E-state index in [4.69, 9.17) is 22.3 Å². The highest BCUT2D eigenvalue weighted by Gasteiger charge is 2.33. The number of hydrogen-bond donors (Lipinski definition) is 8. The van der Waals surface area contributed by atoms with Crippen molar-refractivity contribution in [3.63, 3.8) is 0 Å². The molecule has 0 aromatic heterocycles. The summed E-state index contributed by atoms with van der Waals surface area (Å²) in [5, 5.41) is 26.0. The number of hydrogen-bond acceptors (Lipinski definition) is 7. The Balaban J connectivity index is 5.63. The van der Waals surface area contributed by atoms with Gasteiger partial charge >= 0.3 is 11.9 Å². The Kier molecular flexibility index (Phi) is 15.5. The zero-order valence-electron chi connectivity index (χ0n) is 22.0. The van der Waals surface area contributed by atoms with E-state index in [0.29, 0.717) is 12.8 Å². The molecule has 0 aromatic rings. The third kappa shape index (κ3) is 12.9. The van der Waals surface area contributed by atoms with E-state index in [1.54, 1.807) is 6.92 Å². The standard InChI is InChI=1S/C23H43N7O7/c1-5-12(3)17(24)20(34)30-18(13(4)6-2)21(35)28-14(9-10-16(31)32)19(33)29-15(22(36)37)8-7-11-27-23(25)26/h12-15,17-18H,5-11,24H2,1-4H3,(H,28,35)(H,29,33)(H,30,34)(H,31,32)(H,36,37)(H4,25,26,27). The number of carbonyl (C=O) groups is 5. The van der Waals surface area contributed by atoms with Crippen molar-refractivity contribution in [1.29, 1.82) is 0 Å². The second-order valence-corrected chi connectivity index (χ2v) is 9.12. The molecule has 212 valence electrons. The van der Waals surface area contributed by atoms with E-state index < -0.39 is 60.2 Å². The monoisotopic (exact) mass is 529 g/mol. The van der Waals surface area contributed by atoms with Gasteiger partial charge in [-0.25, -0.2) is 4.79 Å². The summed E-state index contributed by atoms with van der Waals surface area (Å²) in [4.78, 5) is 65.2. The zero-order valence-corrected chi connectivity index (χ0v) is 22.0. The van der Waals surface area contributed by atoms with Crippen molar-refractivity contribution in [1.82, 2.24) is 16.0 Å². The van der Waals surface area contributed by atoms with E-state index >= 15 is 0 Å². The smallest absolute Gasteiger partial charge is 0.326 e. The van der Waals surface area contributed by atoms with Crippen LogP contribution >= 0.6 is 0 Å². The largest absolute Gasteiger partial charge is 0.481 e. The molecule has 0 heterocycles. The van der Waals surface area contributed by atoms with E-state index in [1.165, 1.54) is 0 Å². The van der Waals surface area contributed by atoms with Crippen LogP contribution in [0.5, 0.6) is 0 Å². The lowest BCUT2D eigenvalue weighted by Crippen LogP contribution is -2.59. The molecule has 0 saturated heterocycles. The topological polar surface area (TPSA) is 252 Å². The number of carbonyl (C=O) groups excluding carboxylic acids is 3. The van der Waals surface area contributed by atoms with Crippen molar-refractivity contribution in [3.8, 4) is 0 Å². The normalized spacial score (nSPS) is 15.7. The van der Waals surface area contributed by atoms with Crippen molar-refractivity contribution < 1.29 is 34.2 Å². The van der Waals surface area contributed by atoms with Crippen molar-refractivity contribution in [2.24, 2.45) is 34.0 Å². The van der Waals surface area contributed by atoms with Gasteiger partial charge in [0.05, 0.1) is 6.04 Å².